The molecular formula is C13H12N2O5. The Hall–Kier alpha value is -2.70. The van der Waals surface area contributed by atoms with Gasteiger partial charge in [0.15, 0.2) is 0 Å². The Morgan fingerprint density at radius 3 is 2.85 bits per heavy atom. The predicted molar refractivity (Wildman–Crippen MR) is 70.5 cm³/mol. The summed E-state index contributed by atoms with van der Waals surface area (Å²) in [4.78, 5) is 34.0. The first-order valence-electron chi connectivity index (χ1n) is 5.96. The molecule has 20 heavy (non-hydrogen) atoms. The number of carbonyl (C=O) groups is 2. The zero-order valence-electron chi connectivity index (χ0n) is 10.5. The van der Waals surface area contributed by atoms with Gasteiger partial charge in [-0.2, -0.15) is 0 Å². The molecule has 0 aliphatic carbocycles. The number of amides is 1. The molecule has 1 aliphatic rings. The summed E-state index contributed by atoms with van der Waals surface area (Å²) < 4.78 is 0. The number of hydrogen-bond acceptors (Lipinski definition) is 4. The van der Waals surface area contributed by atoms with Crippen LogP contribution in [0.2, 0.25) is 0 Å². The van der Waals surface area contributed by atoms with E-state index in [1.54, 1.807) is 0 Å². The number of aryl methyl sites for hydroxylation is 1. The van der Waals surface area contributed by atoms with Crippen molar-refractivity contribution < 1.29 is 19.6 Å². The number of rotatable bonds is 4. The number of hydrogen-bond donors (Lipinski definition) is 1. The minimum absolute atomic E-state index is 0.0147. The molecule has 0 saturated heterocycles. The van der Waals surface area contributed by atoms with Crippen molar-refractivity contribution in [2.45, 2.75) is 12.8 Å². The lowest BCUT2D eigenvalue weighted by molar-refractivity contribution is -0.384. The lowest BCUT2D eigenvalue weighted by Crippen LogP contribution is -2.35. The van der Waals surface area contributed by atoms with Crippen LogP contribution >= 0.6 is 0 Å². The van der Waals surface area contributed by atoms with Gasteiger partial charge in [-0.3, -0.25) is 14.9 Å². The van der Waals surface area contributed by atoms with E-state index >= 15 is 0 Å². The van der Waals surface area contributed by atoms with Crippen LogP contribution in [0.5, 0.6) is 0 Å². The van der Waals surface area contributed by atoms with E-state index in [9.17, 15) is 19.7 Å². The molecule has 0 unspecified atom stereocenters. The molecule has 2 rings (SSSR count). The van der Waals surface area contributed by atoms with Gasteiger partial charge in [0.05, 0.1) is 4.92 Å². The molecule has 0 fully saturated rings. The number of fused-ring (bicyclic) bond motifs is 1. The van der Waals surface area contributed by atoms with Gasteiger partial charge < -0.3 is 10.0 Å². The number of aliphatic carboxylic acids is 1. The van der Waals surface area contributed by atoms with Crippen molar-refractivity contribution in [3.8, 4) is 0 Å². The number of anilines is 1. The van der Waals surface area contributed by atoms with Gasteiger partial charge in [-0.1, -0.05) is 6.08 Å². The number of nitrogens with zero attached hydrogens (tertiary/aromatic N) is 2. The number of carboxylic acids is 1. The summed E-state index contributed by atoms with van der Waals surface area (Å²) in [6.45, 7) is 0.135. The standard InChI is InChI=1S/C13H12N2O5/c16-12-6-3-9-8-10(15(19)20)4-5-11(9)14(12)7-1-2-13(17)18/h1-2,4-5,8H,3,6-7H2,(H,17,18)/b2-1+. The second kappa shape index (κ2) is 5.52. The largest absolute Gasteiger partial charge is 0.478 e. The molecule has 1 aromatic carbocycles. The number of non-ortho nitro benzene ring substituents is 1. The first-order valence-corrected chi connectivity index (χ1v) is 5.96. The molecule has 104 valence electrons. The quantitative estimate of drug-likeness (QED) is 0.510. The Morgan fingerprint density at radius 2 is 2.20 bits per heavy atom. The first-order chi connectivity index (χ1) is 9.49. The van der Waals surface area contributed by atoms with Crippen LogP contribution in [0.15, 0.2) is 30.4 Å². The van der Waals surface area contributed by atoms with Crippen molar-refractivity contribution in [2.75, 3.05) is 11.4 Å². The van der Waals surface area contributed by atoms with Crippen LogP contribution < -0.4 is 4.90 Å². The molecule has 1 amide bonds. The second-order valence-electron chi connectivity index (χ2n) is 4.32. The van der Waals surface area contributed by atoms with Crippen molar-refractivity contribution in [2.24, 2.45) is 0 Å². The van der Waals surface area contributed by atoms with Crippen molar-refractivity contribution in [3.63, 3.8) is 0 Å². The molecule has 0 spiro atoms. The summed E-state index contributed by atoms with van der Waals surface area (Å²) in [5.74, 6) is -1.21. The third kappa shape index (κ3) is 2.82. The van der Waals surface area contributed by atoms with Crippen LogP contribution in [0.4, 0.5) is 11.4 Å². The van der Waals surface area contributed by atoms with Crippen molar-refractivity contribution in [1.29, 1.82) is 0 Å². The van der Waals surface area contributed by atoms with E-state index < -0.39 is 10.9 Å². The lowest BCUT2D eigenvalue weighted by atomic mass is 10.0. The maximum Gasteiger partial charge on any atom is 0.328 e. The highest BCUT2D eigenvalue weighted by atomic mass is 16.6. The van der Waals surface area contributed by atoms with Crippen molar-refractivity contribution in [3.05, 3.63) is 46.0 Å². The Bertz CT molecular complexity index is 609. The number of carbonyl (C=O) groups excluding carboxylic acids is 1. The summed E-state index contributed by atoms with van der Waals surface area (Å²) in [5.41, 5.74) is 1.31. The number of benzene rings is 1. The molecule has 0 radical (unpaired) electrons. The smallest absolute Gasteiger partial charge is 0.328 e. The molecule has 0 saturated carbocycles. The lowest BCUT2D eigenvalue weighted by Gasteiger charge is -2.28. The van der Waals surface area contributed by atoms with Crippen molar-refractivity contribution in [1.82, 2.24) is 0 Å². The molecule has 0 bridgehead atoms. The predicted octanol–water partition coefficient (Wildman–Crippen LogP) is 1.51. The van der Waals surface area contributed by atoms with E-state index in [0.717, 1.165) is 11.6 Å². The van der Waals surface area contributed by atoms with Crippen LogP contribution in [0.25, 0.3) is 0 Å². The zero-order chi connectivity index (χ0) is 14.7. The first kappa shape index (κ1) is 13.7. The second-order valence-corrected chi connectivity index (χ2v) is 4.32. The Labute approximate surface area is 114 Å². The third-order valence-electron chi connectivity index (χ3n) is 3.02. The summed E-state index contributed by atoms with van der Waals surface area (Å²) in [6, 6.07) is 4.32. The fraction of sp³-hybridized carbons (Fsp3) is 0.231. The number of nitro benzene ring substituents is 1. The third-order valence-corrected chi connectivity index (χ3v) is 3.02. The van der Waals surface area contributed by atoms with E-state index in [-0.39, 0.29) is 24.6 Å². The van der Waals surface area contributed by atoms with Crippen LogP contribution in [-0.4, -0.2) is 28.5 Å². The Morgan fingerprint density at radius 1 is 1.45 bits per heavy atom. The van der Waals surface area contributed by atoms with E-state index in [0.29, 0.717) is 12.1 Å². The fourth-order valence-electron chi connectivity index (χ4n) is 2.12. The van der Waals surface area contributed by atoms with Gasteiger partial charge in [0.1, 0.15) is 0 Å². The molecular weight excluding hydrogens is 264 g/mol. The SMILES string of the molecule is O=C(O)/C=C/CN1C(=O)CCc2cc([N+](=O)[O-])ccc21. The minimum atomic E-state index is -1.08. The van der Waals surface area contributed by atoms with Gasteiger partial charge in [-0.05, 0) is 18.1 Å². The number of carboxylic acid groups (broad SMARTS) is 1. The van der Waals surface area contributed by atoms with Crippen LogP contribution in [0.1, 0.15) is 12.0 Å². The Balaban J connectivity index is 2.29. The zero-order valence-corrected chi connectivity index (χ0v) is 10.5. The highest BCUT2D eigenvalue weighted by molar-refractivity contribution is 5.97. The minimum Gasteiger partial charge on any atom is -0.478 e. The normalized spacial score (nSPS) is 14.4. The highest BCUT2D eigenvalue weighted by Gasteiger charge is 2.24. The fourth-order valence-corrected chi connectivity index (χ4v) is 2.12. The van der Waals surface area contributed by atoms with Crippen LogP contribution in [0.3, 0.4) is 0 Å². The van der Waals surface area contributed by atoms with Gasteiger partial charge in [-0.15, -0.1) is 0 Å². The topological polar surface area (TPSA) is 101 Å². The molecule has 7 heteroatoms. The average molecular weight is 276 g/mol. The van der Waals surface area contributed by atoms with Gasteiger partial charge in [0.2, 0.25) is 5.91 Å². The van der Waals surface area contributed by atoms with E-state index in [1.165, 1.54) is 29.2 Å². The molecule has 1 heterocycles. The summed E-state index contributed by atoms with van der Waals surface area (Å²) in [6.07, 6.45) is 3.05. The van der Waals surface area contributed by atoms with E-state index in [4.69, 9.17) is 5.11 Å². The van der Waals surface area contributed by atoms with Crippen LogP contribution in [-0.2, 0) is 16.0 Å². The van der Waals surface area contributed by atoms with Gasteiger partial charge in [-0.25, -0.2) is 4.79 Å². The summed E-state index contributed by atoms with van der Waals surface area (Å²) in [5, 5.41) is 19.3. The average Bonchev–Trinajstić information content (AvgIpc) is 2.40. The Kier molecular flexibility index (Phi) is 3.79. The highest BCUT2D eigenvalue weighted by Crippen LogP contribution is 2.30. The summed E-state index contributed by atoms with van der Waals surface area (Å²) >= 11 is 0. The maximum absolute atomic E-state index is 11.9. The van der Waals surface area contributed by atoms with Crippen LogP contribution in [0, 0.1) is 10.1 Å². The van der Waals surface area contributed by atoms with Gasteiger partial charge in [0, 0.05) is 36.9 Å². The molecule has 1 aromatic rings. The van der Waals surface area contributed by atoms with Gasteiger partial charge >= 0.3 is 5.97 Å². The molecule has 0 aromatic heterocycles. The molecule has 1 aliphatic heterocycles. The maximum atomic E-state index is 11.9. The van der Waals surface area contributed by atoms with Crippen molar-refractivity contribution >= 4 is 23.3 Å². The van der Waals surface area contributed by atoms with E-state index in [1.807, 2.05) is 0 Å². The van der Waals surface area contributed by atoms with E-state index in [2.05, 4.69) is 0 Å². The van der Waals surface area contributed by atoms with Gasteiger partial charge in [0.25, 0.3) is 5.69 Å². The molecule has 0 atom stereocenters. The molecule has 7 nitrogen and oxygen atoms in total. The summed E-state index contributed by atoms with van der Waals surface area (Å²) in [7, 11) is 0. The monoisotopic (exact) mass is 276 g/mol. The number of nitro groups is 1. The molecule has 1 N–H and O–H groups in total.